The summed E-state index contributed by atoms with van der Waals surface area (Å²) < 4.78 is 10.4. The second kappa shape index (κ2) is 10.3. The number of nitrogens with zero attached hydrogens (tertiary/aromatic N) is 3. The zero-order valence-electron chi connectivity index (χ0n) is 13.5. The van der Waals surface area contributed by atoms with E-state index < -0.39 is 0 Å². The summed E-state index contributed by atoms with van der Waals surface area (Å²) in [5.74, 6) is 2.28. The first kappa shape index (κ1) is 17.6. The van der Waals surface area contributed by atoms with Gasteiger partial charge in [-0.25, -0.2) is 9.97 Å². The Morgan fingerprint density at radius 2 is 2.00 bits per heavy atom. The third kappa shape index (κ3) is 7.22. The summed E-state index contributed by atoms with van der Waals surface area (Å²) in [5, 5.41) is 6.35. The van der Waals surface area contributed by atoms with E-state index in [4.69, 9.17) is 9.47 Å². The van der Waals surface area contributed by atoms with Gasteiger partial charge in [-0.15, -0.1) is 0 Å². The Morgan fingerprint density at radius 3 is 2.67 bits per heavy atom. The van der Waals surface area contributed by atoms with E-state index >= 15 is 0 Å². The highest BCUT2D eigenvalue weighted by molar-refractivity contribution is 5.47. The van der Waals surface area contributed by atoms with Crippen LogP contribution in [0.2, 0.25) is 0 Å². The van der Waals surface area contributed by atoms with Crippen LogP contribution >= 0.6 is 0 Å². The zero-order chi connectivity index (χ0) is 15.5. The molecule has 0 unspecified atom stereocenters. The first-order valence-electron chi connectivity index (χ1n) is 7.24. The molecule has 0 saturated heterocycles. The summed E-state index contributed by atoms with van der Waals surface area (Å²) >= 11 is 0. The van der Waals surface area contributed by atoms with Gasteiger partial charge in [-0.3, -0.25) is 0 Å². The van der Waals surface area contributed by atoms with Crippen LogP contribution in [0.15, 0.2) is 6.07 Å². The third-order valence-corrected chi connectivity index (χ3v) is 2.94. The smallest absolute Gasteiger partial charge is 0.158 e. The van der Waals surface area contributed by atoms with Gasteiger partial charge in [0.25, 0.3) is 0 Å². The summed E-state index contributed by atoms with van der Waals surface area (Å²) in [6, 6.07) is 1.89. The number of rotatable bonds is 11. The lowest BCUT2D eigenvalue weighted by atomic mass is 10.4. The predicted octanol–water partition coefficient (Wildman–Crippen LogP) is 1.04. The molecule has 7 heteroatoms. The number of hydrogen-bond donors (Lipinski definition) is 2. The van der Waals surface area contributed by atoms with Gasteiger partial charge in [-0.1, -0.05) is 0 Å². The van der Waals surface area contributed by atoms with Crippen molar-refractivity contribution in [3.63, 3.8) is 0 Å². The molecule has 7 nitrogen and oxygen atoms in total. The van der Waals surface area contributed by atoms with Crippen molar-refractivity contribution in [1.29, 1.82) is 0 Å². The number of methoxy groups -OCH3 is 1. The SMILES string of the molecule is CCOCc1nc(NC)cc(NCCN(C)CCOC)n1. The molecule has 0 radical (unpaired) electrons. The molecular formula is C14H27N5O2. The average Bonchev–Trinajstić information content (AvgIpc) is 2.50. The van der Waals surface area contributed by atoms with Gasteiger partial charge < -0.3 is 25.0 Å². The molecule has 0 saturated carbocycles. The summed E-state index contributed by atoms with van der Waals surface area (Å²) in [4.78, 5) is 11.0. The van der Waals surface area contributed by atoms with Crippen molar-refractivity contribution >= 4 is 11.6 Å². The quantitative estimate of drug-likeness (QED) is 0.632. The molecule has 2 N–H and O–H groups in total. The van der Waals surface area contributed by atoms with Crippen LogP contribution < -0.4 is 10.6 Å². The minimum atomic E-state index is 0.425. The standard InChI is InChI=1S/C14H27N5O2/c1-5-21-11-14-17-12(15-2)10-13(18-14)16-6-7-19(3)8-9-20-4/h10H,5-9,11H2,1-4H3,(H2,15,16,17,18). The molecule has 0 aliphatic carbocycles. The average molecular weight is 297 g/mol. The molecule has 1 aromatic heterocycles. The third-order valence-electron chi connectivity index (χ3n) is 2.94. The molecule has 120 valence electrons. The van der Waals surface area contributed by atoms with Gasteiger partial charge in [0, 0.05) is 46.5 Å². The maximum absolute atomic E-state index is 5.36. The first-order chi connectivity index (χ1) is 10.2. The highest BCUT2D eigenvalue weighted by atomic mass is 16.5. The molecule has 0 amide bonds. The lowest BCUT2D eigenvalue weighted by Crippen LogP contribution is -2.28. The molecule has 0 fully saturated rings. The van der Waals surface area contributed by atoms with Crippen molar-refractivity contribution < 1.29 is 9.47 Å². The molecule has 1 aromatic rings. The Kier molecular flexibility index (Phi) is 8.65. The molecule has 0 atom stereocenters. The van der Waals surface area contributed by atoms with E-state index in [9.17, 15) is 0 Å². The summed E-state index contributed by atoms with van der Waals surface area (Å²) in [5.41, 5.74) is 0. The molecule has 0 aliphatic rings. The van der Waals surface area contributed by atoms with Crippen LogP contribution in [-0.4, -0.2) is 68.9 Å². The van der Waals surface area contributed by atoms with Gasteiger partial charge in [0.15, 0.2) is 5.82 Å². The van der Waals surface area contributed by atoms with E-state index in [0.29, 0.717) is 19.0 Å². The van der Waals surface area contributed by atoms with Crippen LogP contribution in [0.4, 0.5) is 11.6 Å². The van der Waals surface area contributed by atoms with Crippen LogP contribution in [0.25, 0.3) is 0 Å². The minimum absolute atomic E-state index is 0.425. The lowest BCUT2D eigenvalue weighted by molar-refractivity contribution is 0.128. The Morgan fingerprint density at radius 1 is 1.24 bits per heavy atom. The Balaban J connectivity index is 2.49. The van der Waals surface area contributed by atoms with Crippen LogP contribution in [0.3, 0.4) is 0 Å². The lowest BCUT2D eigenvalue weighted by Gasteiger charge is -2.16. The van der Waals surface area contributed by atoms with E-state index in [0.717, 1.165) is 37.9 Å². The number of likely N-dealkylation sites (N-methyl/N-ethyl adjacent to an activating group) is 1. The summed E-state index contributed by atoms with van der Waals surface area (Å²) in [6.45, 7) is 6.43. The van der Waals surface area contributed by atoms with Crippen LogP contribution in [0, 0.1) is 0 Å². The molecule has 0 aliphatic heterocycles. The van der Waals surface area contributed by atoms with E-state index in [-0.39, 0.29) is 0 Å². The fourth-order valence-electron chi connectivity index (χ4n) is 1.71. The van der Waals surface area contributed by atoms with E-state index in [1.807, 2.05) is 20.0 Å². The number of nitrogens with one attached hydrogen (secondary N) is 2. The van der Waals surface area contributed by atoms with Crippen LogP contribution in [0.5, 0.6) is 0 Å². The van der Waals surface area contributed by atoms with Gasteiger partial charge in [0.2, 0.25) is 0 Å². The van der Waals surface area contributed by atoms with E-state index in [2.05, 4.69) is 32.5 Å². The molecular weight excluding hydrogens is 270 g/mol. The zero-order valence-corrected chi connectivity index (χ0v) is 13.5. The highest BCUT2D eigenvalue weighted by Gasteiger charge is 2.04. The van der Waals surface area contributed by atoms with Crippen LogP contribution in [0.1, 0.15) is 12.7 Å². The van der Waals surface area contributed by atoms with Crippen molar-refractivity contribution in [2.75, 3.05) is 64.7 Å². The number of aromatic nitrogens is 2. The van der Waals surface area contributed by atoms with E-state index in [1.165, 1.54) is 0 Å². The summed E-state index contributed by atoms with van der Waals surface area (Å²) in [6.07, 6.45) is 0. The highest BCUT2D eigenvalue weighted by Crippen LogP contribution is 2.11. The van der Waals surface area contributed by atoms with Gasteiger partial charge >= 0.3 is 0 Å². The topological polar surface area (TPSA) is 71.5 Å². The first-order valence-corrected chi connectivity index (χ1v) is 7.24. The van der Waals surface area contributed by atoms with Crippen molar-refractivity contribution in [2.24, 2.45) is 0 Å². The Labute approximate surface area is 127 Å². The molecule has 1 rings (SSSR count). The van der Waals surface area contributed by atoms with E-state index in [1.54, 1.807) is 7.11 Å². The van der Waals surface area contributed by atoms with Crippen molar-refractivity contribution in [1.82, 2.24) is 14.9 Å². The predicted molar refractivity (Wildman–Crippen MR) is 84.8 cm³/mol. The second-order valence-corrected chi connectivity index (χ2v) is 4.66. The Bertz CT molecular complexity index is 403. The minimum Gasteiger partial charge on any atom is -0.383 e. The molecule has 1 heterocycles. The molecule has 21 heavy (non-hydrogen) atoms. The number of hydrogen-bond acceptors (Lipinski definition) is 7. The molecule has 0 spiro atoms. The fourth-order valence-corrected chi connectivity index (χ4v) is 1.71. The van der Waals surface area contributed by atoms with Gasteiger partial charge in [-0.2, -0.15) is 0 Å². The number of ether oxygens (including phenoxy) is 2. The van der Waals surface area contributed by atoms with Crippen molar-refractivity contribution in [3.8, 4) is 0 Å². The maximum atomic E-state index is 5.36. The fraction of sp³-hybridized carbons (Fsp3) is 0.714. The molecule has 0 aromatic carbocycles. The largest absolute Gasteiger partial charge is 0.383 e. The van der Waals surface area contributed by atoms with Gasteiger partial charge in [0.1, 0.15) is 18.2 Å². The normalized spacial score (nSPS) is 10.9. The van der Waals surface area contributed by atoms with Gasteiger partial charge in [0.05, 0.1) is 6.61 Å². The van der Waals surface area contributed by atoms with Gasteiger partial charge in [-0.05, 0) is 14.0 Å². The van der Waals surface area contributed by atoms with Crippen molar-refractivity contribution in [3.05, 3.63) is 11.9 Å². The van der Waals surface area contributed by atoms with Crippen molar-refractivity contribution in [2.45, 2.75) is 13.5 Å². The monoisotopic (exact) mass is 297 g/mol. The number of anilines is 2. The van der Waals surface area contributed by atoms with Crippen LogP contribution in [-0.2, 0) is 16.1 Å². The maximum Gasteiger partial charge on any atom is 0.158 e. The summed E-state index contributed by atoms with van der Waals surface area (Å²) in [7, 11) is 5.63. The Hall–Kier alpha value is -1.44. The second-order valence-electron chi connectivity index (χ2n) is 4.66. The molecule has 0 bridgehead atoms.